The summed E-state index contributed by atoms with van der Waals surface area (Å²) in [6, 6.07) is 8.57. The Bertz CT molecular complexity index is 552. The van der Waals surface area contributed by atoms with Crippen LogP contribution in [-0.4, -0.2) is 41.6 Å². The average molecular weight is 347 g/mol. The van der Waals surface area contributed by atoms with E-state index in [0.29, 0.717) is 6.04 Å². The third kappa shape index (κ3) is 5.55. The number of rotatable bonds is 5. The molecule has 1 aliphatic rings. The van der Waals surface area contributed by atoms with Crippen LogP contribution in [0.25, 0.3) is 0 Å². The number of piperidine rings is 1. The Morgan fingerprint density at radius 3 is 2.24 bits per heavy atom. The summed E-state index contributed by atoms with van der Waals surface area (Å²) in [7, 11) is 0. The fourth-order valence-corrected chi connectivity index (χ4v) is 3.34. The fraction of sp³-hybridized carbons (Fsp3) is 0.667. The molecular weight excluding hydrogens is 312 g/mol. The van der Waals surface area contributed by atoms with Gasteiger partial charge in [0.05, 0.1) is 6.10 Å². The number of carbonyl (C=O) groups is 1. The van der Waals surface area contributed by atoms with Gasteiger partial charge in [-0.15, -0.1) is 0 Å². The van der Waals surface area contributed by atoms with E-state index < -0.39 is 6.10 Å². The molecule has 1 fully saturated rings. The van der Waals surface area contributed by atoms with Gasteiger partial charge in [-0.2, -0.15) is 0 Å². The molecule has 0 aromatic heterocycles. The minimum absolute atomic E-state index is 0.0745. The van der Waals surface area contributed by atoms with E-state index >= 15 is 0 Å². The molecule has 4 heteroatoms. The molecule has 0 bridgehead atoms. The topological polar surface area (TPSA) is 52.6 Å². The fourth-order valence-electron chi connectivity index (χ4n) is 3.34. The van der Waals surface area contributed by atoms with Gasteiger partial charge in [-0.1, -0.05) is 45.0 Å². The molecular formula is C21H34N2O2. The Hall–Kier alpha value is -1.39. The standard InChI is InChI=1S/C21H34N2O2/c1-15(2)23-12-10-17(11-13-23)20(25)22-14-19(24)16-6-8-18(9-7-16)21(3,4)5/h6-9,15,17,19,24H,10-14H2,1-5H3,(H,22,25). The van der Waals surface area contributed by atoms with Crippen molar-refractivity contribution in [3.8, 4) is 0 Å². The molecule has 0 radical (unpaired) electrons. The SMILES string of the molecule is CC(C)N1CCC(C(=O)NCC(O)c2ccc(C(C)(C)C)cc2)CC1. The summed E-state index contributed by atoms with van der Waals surface area (Å²) >= 11 is 0. The van der Waals surface area contributed by atoms with Crippen molar-refractivity contribution in [3.63, 3.8) is 0 Å². The van der Waals surface area contributed by atoms with Crippen LogP contribution in [0, 0.1) is 5.92 Å². The predicted octanol–water partition coefficient (Wildman–Crippen LogP) is 3.25. The monoisotopic (exact) mass is 346 g/mol. The summed E-state index contributed by atoms with van der Waals surface area (Å²) in [6.45, 7) is 13.1. The first kappa shape index (κ1) is 19.9. The summed E-state index contributed by atoms with van der Waals surface area (Å²) in [5.41, 5.74) is 2.19. The van der Waals surface area contributed by atoms with Crippen LogP contribution in [0.15, 0.2) is 24.3 Å². The summed E-state index contributed by atoms with van der Waals surface area (Å²) in [5.74, 6) is 0.152. The van der Waals surface area contributed by atoms with E-state index in [0.717, 1.165) is 31.5 Å². The number of aliphatic hydroxyl groups excluding tert-OH is 1. The highest BCUT2D eigenvalue weighted by Gasteiger charge is 2.26. The Morgan fingerprint density at radius 1 is 1.20 bits per heavy atom. The molecule has 2 rings (SSSR count). The summed E-state index contributed by atoms with van der Waals surface area (Å²) in [5, 5.41) is 13.3. The molecule has 1 amide bonds. The Morgan fingerprint density at radius 2 is 1.76 bits per heavy atom. The molecule has 1 heterocycles. The highest BCUT2D eigenvalue weighted by molar-refractivity contribution is 5.78. The number of benzene rings is 1. The zero-order chi connectivity index (χ0) is 18.6. The maximum Gasteiger partial charge on any atom is 0.223 e. The third-order valence-corrected chi connectivity index (χ3v) is 5.26. The van der Waals surface area contributed by atoms with Crippen molar-refractivity contribution >= 4 is 5.91 Å². The van der Waals surface area contributed by atoms with E-state index in [2.05, 4.69) is 57.0 Å². The van der Waals surface area contributed by atoms with Crippen molar-refractivity contribution in [2.45, 2.75) is 65.0 Å². The Kier molecular flexibility index (Phi) is 6.64. The molecule has 0 aliphatic carbocycles. The number of hydrogen-bond donors (Lipinski definition) is 2. The van der Waals surface area contributed by atoms with Crippen molar-refractivity contribution in [1.29, 1.82) is 0 Å². The first-order valence-corrected chi connectivity index (χ1v) is 9.48. The van der Waals surface area contributed by atoms with E-state index in [1.54, 1.807) is 0 Å². The van der Waals surface area contributed by atoms with Crippen LogP contribution in [0.2, 0.25) is 0 Å². The van der Waals surface area contributed by atoms with Gasteiger partial charge in [0.2, 0.25) is 5.91 Å². The van der Waals surface area contributed by atoms with Crippen molar-refractivity contribution in [2.24, 2.45) is 5.92 Å². The molecule has 0 saturated carbocycles. The van der Waals surface area contributed by atoms with Gasteiger partial charge in [-0.3, -0.25) is 4.79 Å². The summed E-state index contributed by atoms with van der Waals surface area (Å²) in [6.07, 6.45) is 1.15. The van der Waals surface area contributed by atoms with Gasteiger partial charge in [0.1, 0.15) is 0 Å². The molecule has 4 nitrogen and oxygen atoms in total. The number of amides is 1. The largest absolute Gasteiger partial charge is 0.387 e. The van der Waals surface area contributed by atoms with Crippen LogP contribution in [0.5, 0.6) is 0 Å². The maximum absolute atomic E-state index is 12.4. The lowest BCUT2D eigenvalue weighted by Gasteiger charge is -2.34. The molecule has 140 valence electrons. The number of carbonyl (C=O) groups excluding carboxylic acids is 1. The molecule has 1 aromatic rings. The molecule has 1 saturated heterocycles. The lowest BCUT2D eigenvalue weighted by atomic mass is 9.86. The lowest BCUT2D eigenvalue weighted by Crippen LogP contribution is -2.43. The number of nitrogens with zero attached hydrogens (tertiary/aromatic N) is 1. The average Bonchev–Trinajstić information content (AvgIpc) is 2.58. The van der Waals surface area contributed by atoms with Crippen LogP contribution in [0.3, 0.4) is 0 Å². The second kappa shape index (κ2) is 8.33. The smallest absolute Gasteiger partial charge is 0.223 e. The normalized spacial score (nSPS) is 18.4. The number of hydrogen-bond acceptors (Lipinski definition) is 3. The molecule has 1 atom stereocenters. The number of aliphatic hydroxyl groups is 1. The minimum atomic E-state index is -0.659. The molecule has 0 spiro atoms. The zero-order valence-corrected chi connectivity index (χ0v) is 16.4. The van der Waals surface area contributed by atoms with E-state index in [-0.39, 0.29) is 23.8 Å². The van der Waals surface area contributed by atoms with Crippen LogP contribution < -0.4 is 5.32 Å². The van der Waals surface area contributed by atoms with Gasteiger partial charge < -0.3 is 15.3 Å². The van der Waals surface area contributed by atoms with Crippen LogP contribution in [0.1, 0.15) is 64.7 Å². The van der Waals surface area contributed by atoms with E-state index in [1.807, 2.05) is 12.1 Å². The summed E-state index contributed by atoms with van der Waals surface area (Å²) in [4.78, 5) is 14.8. The molecule has 1 aromatic carbocycles. The van der Waals surface area contributed by atoms with Crippen molar-refractivity contribution < 1.29 is 9.90 Å². The maximum atomic E-state index is 12.4. The van der Waals surface area contributed by atoms with Crippen LogP contribution in [-0.2, 0) is 10.2 Å². The van der Waals surface area contributed by atoms with Crippen molar-refractivity contribution in [3.05, 3.63) is 35.4 Å². The predicted molar refractivity (Wildman–Crippen MR) is 103 cm³/mol. The van der Waals surface area contributed by atoms with E-state index in [4.69, 9.17) is 0 Å². The van der Waals surface area contributed by atoms with Gasteiger partial charge in [0.15, 0.2) is 0 Å². The van der Waals surface area contributed by atoms with Gasteiger partial charge in [-0.05, 0) is 56.3 Å². The molecule has 25 heavy (non-hydrogen) atoms. The van der Waals surface area contributed by atoms with Crippen molar-refractivity contribution in [2.75, 3.05) is 19.6 Å². The van der Waals surface area contributed by atoms with Gasteiger partial charge in [-0.25, -0.2) is 0 Å². The number of likely N-dealkylation sites (tertiary alicyclic amines) is 1. The molecule has 1 unspecified atom stereocenters. The van der Waals surface area contributed by atoms with Crippen LogP contribution in [0.4, 0.5) is 0 Å². The molecule has 1 aliphatic heterocycles. The zero-order valence-electron chi connectivity index (χ0n) is 16.4. The van der Waals surface area contributed by atoms with Gasteiger partial charge in [0, 0.05) is 18.5 Å². The van der Waals surface area contributed by atoms with E-state index in [9.17, 15) is 9.90 Å². The van der Waals surface area contributed by atoms with Crippen LogP contribution >= 0.6 is 0 Å². The second-order valence-electron chi connectivity index (χ2n) is 8.54. The van der Waals surface area contributed by atoms with Gasteiger partial charge in [0.25, 0.3) is 0 Å². The lowest BCUT2D eigenvalue weighted by molar-refractivity contribution is -0.127. The highest BCUT2D eigenvalue weighted by atomic mass is 16.3. The number of nitrogens with one attached hydrogen (secondary N) is 1. The Labute approximate surface area is 152 Å². The van der Waals surface area contributed by atoms with E-state index in [1.165, 1.54) is 5.56 Å². The van der Waals surface area contributed by atoms with Gasteiger partial charge >= 0.3 is 0 Å². The van der Waals surface area contributed by atoms with Crippen molar-refractivity contribution in [1.82, 2.24) is 10.2 Å². The first-order chi connectivity index (χ1) is 11.7. The second-order valence-corrected chi connectivity index (χ2v) is 8.54. The highest BCUT2D eigenvalue weighted by Crippen LogP contribution is 2.24. The summed E-state index contributed by atoms with van der Waals surface area (Å²) < 4.78 is 0. The molecule has 2 N–H and O–H groups in total. The Balaban J connectivity index is 1.81. The first-order valence-electron chi connectivity index (χ1n) is 9.48. The minimum Gasteiger partial charge on any atom is -0.387 e. The quantitative estimate of drug-likeness (QED) is 0.860. The third-order valence-electron chi connectivity index (χ3n) is 5.26.